The molecule has 0 aliphatic heterocycles. The first kappa shape index (κ1) is 33.5. The van der Waals surface area contributed by atoms with Crippen molar-refractivity contribution >= 4 is 20.4 Å². The largest absolute Gasteiger partial charge is 0.543 e. The van der Waals surface area contributed by atoms with Gasteiger partial charge < -0.3 is 28.7 Å². The van der Waals surface area contributed by atoms with Crippen LogP contribution in [0.1, 0.15) is 52.7 Å². The maximum Gasteiger partial charge on any atom is 0.408 e. The van der Waals surface area contributed by atoms with E-state index in [1.54, 1.807) is 40.0 Å². The molecule has 0 heterocycles. The van der Waals surface area contributed by atoms with Crippen molar-refractivity contribution in [3.05, 3.63) is 83.9 Å². The Hall–Kier alpha value is -3.98. The molecule has 0 aliphatic rings. The number of carbonyl (C=O) groups is 2. The normalized spacial score (nSPS) is 12.6. The Balaban J connectivity index is 1.74. The Morgan fingerprint density at radius 1 is 0.814 bits per heavy atom. The Morgan fingerprint density at radius 3 is 2.02 bits per heavy atom. The third-order valence-corrected chi connectivity index (χ3v) is 11.5. The lowest BCUT2D eigenvalue weighted by molar-refractivity contribution is -0.147. The van der Waals surface area contributed by atoms with E-state index in [2.05, 4.69) is 39.2 Å². The van der Waals surface area contributed by atoms with E-state index in [4.69, 9.17) is 23.4 Å². The number of hydrogen-bond acceptors (Lipinski definition) is 7. The second-order valence-electron chi connectivity index (χ2n) is 12.9. The molecule has 0 fully saturated rings. The lowest BCUT2D eigenvalue weighted by Crippen LogP contribution is -2.45. The van der Waals surface area contributed by atoms with Crippen molar-refractivity contribution in [2.24, 2.45) is 0 Å². The maximum atomic E-state index is 13.1. The van der Waals surface area contributed by atoms with Crippen LogP contribution in [0.15, 0.2) is 72.8 Å². The van der Waals surface area contributed by atoms with Gasteiger partial charge in [0.1, 0.15) is 29.7 Å². The molecule has 0 saturated carbocycles. The van der Waals surface area contributed by atoms with Gasteiger partial charge in [0.2, 0.25) is 8.32 Å². The minimum absolute atomic E-state index is 0.0496. The summed E-state index contributed by atoms with van der Waals surface area (Å²) in [4.78, 5) is 25.6. The number of nitrogens with one attached hydrogen (secondary N) is 1. The monoisotopic (exact) mass is 607 g/mol. The summed E-state index contributed by atoms with van der Waals surface area (Å²) in [7, 11) is -0.453. The quantitative estimate of drug-likeness (QED) is 0.174. The second-order valence-corrected chi connectivity index (χ2v) is 17.6. The second kappa shape index (κ2) is 14.0. The first-order chi connectivity index (χ1) is 20.1. The minimum Gasteiger partial charge on any atom is -0.543 e. The molecule has 3 rings (SSSR count). The van der Waals surface area contributed by atoms with Gasteiger partial charge in [-0.15, -0.1) is 0 Å². The third-order valence-electron chi connectivity index (χ3n) is 7.10. The molecule has 1 atom stereocenters. The van der Waals surface area contributed by atoms with E-state index in [1.807, 2.05) is 60.7 Å². The van der Waals surface area contributed by atoms with Crippen LogP contribution in [-0.4, -0.2) is 39.1 Å². The molecule has 0 radical (unpaired) electrons. The average molecular weight is 608 g/mol. The lowest BCUT2D eigenvalue weighted by Gasteiger charge is -2.36. The first-order valence-corrected chi connectivity index (χ1v) is 17.3. The molecule has 3 aromatic rings. The molecule has 0 unspecified atom stereocenters. The highest BCUT2D eigenvalue weighted by atomic mass is 28.4. The van der Waals surface area contributed by atoms with Crippen LogP contribution < -0.4 is 19.2 Å². The number of benzene rings is 3. The molecule has 1 N–H and O–H groups in total. The molecule has 8 nitrogen and oxygen atoms in total. The van der Waals surface area contributed by atoms with Gasteiger partial charge in [-0.05, 0) is 74.3 Å². The van der Waals surface area contributed by atoms with Gasteiger partial charge in [-0.25, -0.2) is 9.59 Å². The number of methoxy groups -OCH3 is 1. The van der Waals surface area contributed by atoms with Crippen LogP contribution in [-0.2, 0) is 27.3 Å². The molecule has 1 amide bonds. The van der Waals surface area contributed by atoms with Crippen LogP contribution in [0.2, 0.25) is 18.1 Å². The number of ether oxygens (including phenoxy) is 4. The van der Waals surface area contributed by atoms with Crippen molar-refractivity contribution < 1.29 is 33.0 Å². The van der Waals surface area contributed by atoms with Crippen molar-refractivity contribution in [3.8, 4) is 23.0 Å². The highest BCUT2D eigenvalue weighted by Gasteiger charge is 2.39. The summed E-state index contributed by atoms with van der Waals surface area (Å²) in [6, 6.07) is 21.3. The maximum absolute atomic E-state index is 13.1. The molecule has 43 heavy (non-hydrogen) atoms. The summed E-state index contributed by atoms with van der Waals surface area (Å²) in [5, 5.41) is 2.72. The SMILES string of the molecule is COc1ccc(O[Si](C)(C)C(C)(C)C)cc1Oc1ccc(C[C@H](NC(=O)OC(C)(C)C)C(=O)OCc2ccccc2)cc1. The van der Waals surface area contributed by atoms with Gasteiger partial charge in [0.05, 0.1) is 7.11 Å². The number of hydrogen-bond donors (Lipinski definition) is 1. The van der Waals surface area contributed by atoms with Crippen molar-refractivity contribution in [2.75, 3.05) is 7.11 Å². The van der Waals surface area contributed by atoms with E-state index in [1.165, 1.54) is 0 Å². The smallest absolute Gasteiger partial charge is 0.408 e. The predicted molar refractivity (Wildman–Crippen MR) is 170 cm³/mol. The highest BCUT2D eigenvalue weighted by molar-refractivity contribution is 6.74. The zero-order valence-electron chi connectivity index (χ0n) is 26.8. The zero-order chi connectivity index (χ0) is 31.8. The Bertz CT molecular complexity index is 1360. The Morgan fingerprint density at radius 2 is 1.44 bits per heavy atom. The van der Waals surface area contributed by atoms with Crippen molar-refractivity contribution in [2.45, 2.75) is 84.3 Å². The summed E-state index contributed by atoms with van der Waals surface area (Å²) in [6.07, 6.45) is -0.493. The molecule has 0 aliphatic carbocycles. The van der Waals surface area contributed by atoms with Crippen LogP contribution in [0.3, 0.4) is 0 Å². The average Bonchev–Trinajstić information content (AvgIpc) is 2.91. The van der Waals surface area contributed by atoms with E-state index in [9.17, 15) is 9.59 Å². The number of esters is 1. The number of carbonyl (C=O) groups excluding carboxylic acids is 2. The van der Waals surface area contributed by atoms with E-state index in [-0.39, 0.29) is 18.1 Å². The number of amides is 1. The van der Waals surface area contributed by atoms with E-state index in [0.717, 1.165) is 16.9 Å². The number of alkyl carbamates (subject to hydrolysis) is 1. The van der Waals surface area contributed by atoms with Gasteiger partial charge in [0.25, 0.3) is 0 Å². The van der Waals surface area contributed by atoms with Crippen LogP contribution in [0.4, 0.5) is 4.79 Å². The van der Waals surface area contributed by atoms with Crippen molar-refractivity contribution in [1.29, 1.82) is 0 Å². The standard InChI is InChI=1S/C34H45NO7Si/c1-33(2,3)41-32(37)35-28(31(36)39-23-25-13-11-10-12-14-25)21-24-15-17-26(18-16-24)40-30-22-27(19-20-29(30)38-7)42-43(8,9)34(4,5)6/h10-20,22,28H,21,23H2,1-9H3,(H,35,37)/t28-/m0/s1. The van der Waals surface area contributed by atoms with E-state index < -0.39 is 32.0 Å². The van der Waals surface area contributed by atoms with Crippen LogP contribution in [0, 0.1) is 0 Å². The predicted octanol–water partition coefficient (Wildman–Crippen LogP) is 8.05. The fourth-order valence-corrected chi connectivity index (χ4v) is 4.80. The van der Waals surface area contributed by atoms with Gasteiger partial charge in [0, 0.05) is 12.5 Å². The number of rotatable bonds is 11. The van der Waals surface area contributed by atoms with Crippen LogP contribution in [0.5, 0.6) is 23.0 Å². The Kier molecular flexibility index (Phi) is 10.9. The summed E-state index contributed by atoms with van der Waals surface area (Å²) in [5.41, 5.74) is 0.935. The van der Waals surface area contributed by atoms with E-state index in [0.29, 0.717) is 17.2 Å². The van der Waals surface area contributed by atoms with Crippen molar-refractivity contribution in [3.63, 3.8) is 0 Å². The summed E-state index contributed by atoms with van der Waals surface area (Å²) < 4.78 is 29.1. The zero-order valence-corrected chi connectivity index (χ0v) is 27.8. The molecule has 0 spiro atoms. The van der Waals surface area contributed by atoms with Crippen LogP contribution in [0.25, 0.3) is 0 Å². The van der Waals surface area contributed by atoms with Gasteiger partial charge in [-0.1, -0.05) is 63.2 Å². The molecule has 0 bridgehead atoms. The van der Waals surface area contributed by atoms with Gasteiger partial charge in [0.15, 0.2) is 11.5 Å². The first-order valence-electron chi connectivity index (χ1n) is 14.4. The third kappa shape index (κ3) is 10.4. The highest BCUT2D eigenvalue weighted by Crippen LogP contribution is 2.40. The van der Waals surface area contributed by atoms with Gasteiger partial charge in [-0.2, -0.15) is 0 Å². The molecular weight excluding hydrogens is 562 g/mol. The summed E-state index contributed by atoms with van der Waals surface area (Å²) >= 11 is 0. The fraction of sp³-hybridized carbons (Fsp3) is 0.412. The summed E-state index contributed by atoms with van der Waals surface area (Å²) in [5.74, 6) is 1.85. The summed E-state index contributed by atoms with van der Waals surface area (Å²) in [6.45, 7) is 16.3. The van der Waals surface area contributed by atoms with Crippen molar-refractivity contribution in [1.82, 2.24) is 5.32 Å². The molecule has 0 aromatic heterocycles. The van der Waals surface area contributed by atoms with Gasteiger partial charge in [-0.3, -0.25) is 0 Å². The molecule has 0 saturated heterocycles. The van der Waals surface area contributed by atoms with Gasteiger partial charge >= 0.3 is 12.1 Å². The minimum atomic E-state index is -2.04. The molecule has 3 aromatic carbocycles. The van der Waals surface area contributed by atoms with Crippen LogP contribution >= 0.6 is 0 Å². The molecule has 9 heteroatoms. The topological polar surface area (TPSA) is 92.3 Å². The van der Waals surface area contributed by atoms with E-state index >= 15 is 0 Å². The lowest BCUT2D eigenvalue weighted by atomic mass is 10.1. The fourth-order valence-electron chi connectivity index (χ4n) is 3.78. The molecule has 232 valence electrons. The molecular formula is C34H45NO7Si. The Labute approximate surface area is 256 Å².